The van der Waals surface area contributed by atoms with Crippen LogP contribution in [0.4, 0.5) is 4.39 Å². The quantitative estimate of drug-likeness (QED) is 0.417. The van der Waals surface area contributed by atoms with Gasteiger partial charge in [0.1, 0.15) is 0 Å². The molecule has 78 valence electrons. The molecule has 0 aliphatic heterocycles. The molecule has 1 heterocycles. The highest BCUT2D eigenvalue weighted by Gasteiger charge is 2.00. The molecule has 0 radical (unpaired) electrons. The minimum Gasteiger partial charge on any atom is -0.456 e. The monoisotopic (exact) mass is 227 g/mol. The van der Waals surface area contributed by atoms with Crippen LogP contribution in [0.15, 0.2) is 12.3 Å². The molecule has 0 saturated heterocycles. The molecule has 0 fully saturated rings. The second-order valence-corrected chi connectivity index (χ2v) is 2.83. The topological polar surface area (TPSA) is 39.2 Å². The second-order valence-electron chi connectivity index (χ2n) is 2.47. The van der Waals surface area contributed by atoms with Gasteiger partial charge in [-0.3, -0.25) is 0 Å². The molecular formula is C10H7ClFNO2. The maximum absolute atomic E-state index is 12.9. The zero-order chi connectivity index (χ0) is 11.3. The zero-order valence-electron chi connectivity index (χ0n) is 7.88. The molecule has 0 unspecified atom stereocenters. The number of hydrogen-bond acceptors (Lipinski definition) is 3. The number of esters is 1. The van der Waals surface area contributed by atoms with E-state index in [0.29, 0.717) is 0 Å². The molecular weight excluding hydrogens is 221 g/mol. The number of ether oxygens (including phenoxy) is 1. The van der Waals surface area contributed by atoms with Gasteiger partial charge in [-0.1, -0.05) is 17.5 Å². The molecule has 0 spiro atoms. The summed E-state index contributed by atoms with van der Waals surface area (Å²) in [5.74, 6) is 3.26. The predicted octanol–water partition coefficient (Wildman–Crippen LogP) is 1.79. The summed E-state index contributed by atoms with van der Waals surface area (Å²) >= 11 is 5.37. The Morgan fingerprint density at radius 1 is 1.73 bits per heavy atom. The van der Waals surface area contributed by atoms with Gasteiger partial charge in [0.2, 0.25) is 0 Å². The molecule has 0 amide bonds. The summed E-state index contributed by atoms with van der Waals surface area (Å²) in [7, 11) is 0. The largest absolute Gasteiger partial charge is 0.456 e. The average Bonchev–Trinajstić information content (AvgIpc) is 2.20. The van der Waals surface area contributed by atoms with Crippen LogP contribution in [-0.4, -0.2) is 17.6 Å². The van der Waals surface area contributed by atoms with Gasteiger partial charge in [-0.15, -0.1) is 0 Å². The van der Waals surface area contributed by atoms with Crippen molar-refractivity contribution in [2.75, 3.05) is 6.61 Å². The Kier molecular flexibility index (Phi) is 4.07. The summed E-state index contributed by atoms with van der Waals surface area (Å²) < 4.78 is 17.4. The molecule has 1 aromatic heterocycles. The highest BCUT2D eigenvalue weighted by atomic mass is 35.5. The average molecular weight is 228 g/mol. The fourth-order valence-corrected chi connectivity index (χ4v) is 0.883. The van der Waals surface area contributed by atoms with Crippen LogP contribution in [-0.2, 0) is 9.53 Å². The lowest BCUT2D eigenvalue weighted by molar-refractivity contribution is -0.136. The van der Waals surface area contributed by atoms with E-state index >= 15 is 0 Å². The number of halogens is 2. The zero-order valence-corrected chi connectivity index (χ0v) is 8.64. The Hall–Kier alpha value is -1.60. The van der Waals surface area contributed by atoms with Crippen molar-refractivity contribution in [2.24, 2.45) is 0 Å². The molecule has 1 rings (SSSR count). The van der Waals surface area contributed by atoms with E-state index in [4.69, 9.17) is 11.6 Å². The van der Waals surface area contributed by atoms with E-state index in [1.807, 2.05) is 0 Å². The first-order valence-corrected chi connectivity index (χ1v) is 4.51. The molecule has 3 nitrogen and oxygen atoms in total. The van der Waals surface area contributed by atoms with Crippen LogP contribution >= 0.6 is 11.6 Å². The van der Waals surface area contributed by atoms with Gasteiger partial charge in [0.15, 0.2) is 11.0 Å². The molecule has 1 aromatic rings. The minimum atomic E-state index is -0.674. The first-order valence-electron chi connectivity index (χ1n) is 4.13. The van der Waals surface area contributed by atoms with Crippen molar-refractivity contribution >= 4 is 17.6 Å². The van der Waals surface area contributed by atoms with Crippen molar-refractivity contribution in [2.45, 2.75) is 6.92 Å². The van der Waals surface area contributed by atoms with Crippen molar-refractivity contribution in [1.82, 2.24) is 4.98 Å². The van der Waals surface area contributed by atoms with Gasteiger partial charge in [-0.2, -0.15) is 0 Å². The van der Waals surface area contributed by atoms with E-state index in [0.717, 1.165) is 6.07 Å². The van der Waals surface area contributed by atoms with Crippen LogP contribution in [0.25, 0.3) is 0 Å². The third kappa shape index (κ3) is 3.56. The van der Waals surface area contributed by atoms with E-state index in [1.165, 1.54) is 6.20 Å². The molecule has 0 atom stereocenters. The molecule has 0 N–H and O–H groups in total. The Bertz CT molecular complexity index is 437. The maximum Gasteiger partial charge on any atom is 0.384 e. The Labute approximate surface area is 91.2 Å². The number of aromatic nitrogens is 1. The number of rotatable bonds is 1. The molecule has 0 bridgehead atoms. The van der Waals surface area contributed by atoms with Crippen LogP contribution in [0, 0.1) is 17.7 Å². The van der Waals surface area contributed by atoms with Gasteiger partial charge in [0.05, 0.1) is 6.61 Å². The van der Waals surface area contributed by atoms with Gasteiger partial charge in [-0.05, 0) is 13.0 Å². The Morgan fingerprint density at radius 3 is 3.07 bits per heavy atom. The van der Waals surface area contributed by atoms with Crippen molar-refractivity contribution in [3.8, 4) is 11.8 Å². The van der Waals surface area contributed by atoms with Gasteiger partial charge in [-0.25, -0.2) is 14.2 Å². The lowest BCUT2D eigenvalue weighted by Gasteiger charge is -1.93. The standard InChI is InChI=1S/C10H7ClFNO2/c1-2-15-9(14)4-3-7-5-8(12)10(11)13-6-7/h5-6H,2H2,1H3. The third-order valence-electron chi connectivity index (χ3n) is 1.38. The summed E-state index contributed by atoms with van der Waals surface area (Å²) in [6.45, 7) is 1.92. The van der Waals surface area contributed by atoms with E-state index in [1.54, 1.807) is 6.92 Å². The van der Waals surface area contributed by atoms with E-state index < -0.39 is 11.8 Å². The first kappa shape index (κ1) is 11.5. The van der Waals surface area contributed by atoms with Crippen LogP contribution in [0.5, 0.6) is 0 Å². The highest BCUT2D eigenvalue weighted by molar-refractivity contribution is 6.29. The molecule has 0 aliphatic rings. The number of carbonyl (C=O) groups is 1. The van der Waals surface area contributed by atoms with Gasteiger partial charge in [0.25, 0.3) is 0 Å². The van der Waals surface area contributed by atoms with Crippen molar-refractivity contribution in [3.05, 3.63) is 28.8 Å². The summed E-state index contributed by atoms with van der Waals surface area (Å²) in [6.07, 6.45) is 1.28. The first-order chi connectivity index (χ1) is 7.13. The highest BCUT2D eigenvalue weighted by Crippen LogP contribution is 2.10. The van der Waals surface area contributed by atoms with Crippen LogP contribution in [0.1, 0.15) is 12.5 Å². The number of hydrogen-bond donors (Lipinski definition) is 0. The lowest BCUT2D eigenvalue weighted by atomic mass is 10.3. The summed E-state index contributed by atoms with van der Waals surface area (Å²) in [4.78, 5) is 14.4. The molecule has 0 saturated carbocycles. The Balaban J connectivity index is 2.80. The fourth-order valence-electron chi connectivity index (χ4n) is 0.780. The number of nitrogens with zero attached hydrogens (tertiary/aromatic N) is 1. The van der Waals surface area contributed by atoms with Crippen molar-refractivity contribution in [1.29, 1.82) is 0 Å². The van der Waals surface area contributed by atoms with Crippen molar-refractivity contribution < 1.29 is 13.9 Å². The van der Waals surface area contributed by atoms with Gasteiger partial charge >= 0.3 is 5.97 Å². The molecule has 0 aromatic carbocycles. The SMILES string of the molecule is CCOC(=O)C#Cc1cnc(Cl)c(F)c1. The van der Waals surface area contributed by atoms with Crippen LogP contribution in [0.2, 0.25) is 5.15 Å². The summed E-state index contributed by atoms with van der Waals surface area (Å²) in [5, 5.41) is -0.225. The summed E-state index contributed by atoms with van der Waals surface area (Å²) in [5.41, 5.74) is 0.268. The third-order valence-corrected chi connectivity index (χ3v) is 1.66. The predicted molar refractivity (Wildman–Crippen MR) is 52.7 cm³/mol. The minimum absolute atomic E-state index is 0.225. The van der Waals surface area contributed by atoms with E-state index in [-0.39, 0.29) is 17.3 Å². The Morgan fingerprint density at radius 2 is 2.47 bits per heavy atom. The van der Waals surface area contributed by atoms with Crippen LogP contribution in [0.3, 0.4) is 0 Å². The van der Waals surface area contributed by atoms with Gasteiger partial charge < -0.3 is 4.74 Å². The van der Waals surface area contributed by atoms with Crippen molar-refractivity contribution in [3.63, 3.8) is 0 Å². The molecule has 15 heavy (non-hydrogen) atoms. The van der Waals surface area contributed by atoms with E-state index in [2.05, 4.69) is 21.6 Å². The normalized spacial score (nSPS) is 9.00. The maximum atomic E-state index is 12.9. The molecule has 5 heteroatoms. The summed E-state index contributed by atoms with van der Waals surface area (Å²) in [6, 6.07) is 1.10. The van der Waals surface area contributed by atoms with Gasteiger partial charge in [0, 0.05) is 17.7 Å². The second kappa shape index (κ2) is 5.32. The lowest BCUT2D eigenvalue weighted by Crippen LogP contribution is -1.99. The number of carbonyl (C=O) groups excluding carboxylic acids is 1. The van der Waals surface area contributed by atoms with E-state index in [9.17, 15) is 9.18 Å². The fraction of sp³-hybridized carbons (Fsp3) is 0.200. The smallest absolute Gasteiger partial charge is 0.384 e. The molecule has 0 aliphatic carbocycles. The number of pyridine rings is 1. The van der Waals surface area contributed by atoms with Crippen LogP contribution < -0.4 is 0 Å².